The summed E-state index contributed by atoms with van der Waals surface area (Å²) < 4.78 is 29.5. The van der Waals surface area contributed by atoms with E-state index in [1.807, 2.05) is 6.92 Å². The van der Waals surface area contributed by atoms with Crippen LogP contribution in [0.4, 0.5) is 20.6 Å². The van der Waals surface area contributed by atoms with Crippen LogP contribution in [0.1, 0.15) is 19.0 Å². The van der Waals surface area contributed by atoms with Gasteiger partial charge in [0.15, 0.2) is 0 Å². The molecule has 3 amide bonds. The zero-order chi connectivity index (χ0) is 22.3. The summed E-state index contributed by atoms with van der Waals surface area (Å²) in [6.45, 7) is 3.00. The first-order valence-electron chi connectivity index (χ1n) is 9.70. The molecule has 1 aromatic heterocycles. The molecule has 2 unspecified atom stereocenters. The van der Waals surface area contributed by atoms with Crippen LogP contribution < -0.4 is 14.9 Å². The molecule has 166 valence electrons. The van der Waals surface area contributed by atoms with Gasteiger partial charge in [-0.05, 0) is 25.1 Å². The Morgan fingerprint density at radius 3 is 2.87 bits per heavy atom. The van der Waals surface area contributed by atoms with Crippen molar-refractivity contribution < 1.29 is 18.5 Å². The Bertz CT molecular complexity index is 1020. The molecule has 0 radical (unpaired) electrons. The number of hydrogen-bond acceptors (Lipinski definition) is 5. The van der Waals surface area contributed by atoms with Crippen LogP contribution in [0, 0.1) is 5.82 Å². The summed E-state index contributed by atoms with van der Waals surface area (Å²) in [6, 6.07) is 3.27. The lowest BCUT2D eigenvalue weighted by atomic mass is 10.2. The van der Waals surface area contributed by atoms with Gasteiger partial charge in [0, 0.05) is 30.0 Å². The van der Waals surface area contributed by atoms with Gasteiger partial charge in [0.2, 0.25) is 5.91 Å². The number of aromatic nitrogens is 2. The number of carbonyl (C=O) groups is 2. The summed E-state index contributed by atoms with van der Waals surface area (Å²) in [7, 11) is 0. The van der Waals surface area contributed by atoms with E-state index in [0.29, 0.717) is 24.5 Å². The molecule has 0 aliphatic carbocycles. The van der Waals surface area contributed by atoms with Gasteiger partial charge in [-0.2, -0.15) is 5.10 Å². The van der Waals surface area contributed by atoms with Crippen molar-refractivity contribution in [3.63, 3.8) is 0 Å². The molecule has 9 nitrogen and oxygen atoms in total. The van der Waals surface area contributed by atoms with Gasteiger partial charge in [-0.3, -0.25) is 9.48 Å². The van der Waals surface area contributed by atoms with Crippen molar-refractivity contribution in [3.8, 4) is 0 Å². The monoisotopic (exact) mass is 468 g/mol. The maximum atomic E-state index is 13.4. The molecule has 1 fully saturated rings. The van der Waals surface area contributed by atoms with Crippen molar-refractivity contribution in [1.82, 2.24) is 19.4 Å². The van der Waals surface area contributed by atoms with Gasteiger partial charge in [-0.15, -0.1) is 4.72 Å². The van der Waals surface area contributed by atoms with E-state index in [2.05, 4.69) is 15.1 Å². The number of hydrogen-bond donors (Lipinski definition) is 2. The van der Waals surface area contributed by atoms with Crippen LogP contribution >= 0.6 is 11.6 Å². The van der Waals surface area contributed by atoms with E-state index in [-0.39, 0.29) is 42.0 Å². The Morgan fingerprint density at radius 1 is 1.39 bits per heavy atom. The summed E-state index contributed by atoms with van der Waals surface area (Å²) in [5.41, 5.74) is 1.78. The second-order valence-electron chi connectivity index (χ2n) is 7.67. The molecule has 0 bridgehead atoms. The molecular formula is C19H22ClFN6O3S. The average Bonchev–Trinajstić information content (AvgIpc) is 3.25. The van der Waals surface area contributed by atoms with Crippen LogP contribution in [0.2, 0.25) is 5.02 Å². The maximum Gasteiger partial charge on any atom is 0.322 e. The molecule has 1 aromatic carbocycles. The fourth-order valence-electron chi connectivity index (χ4n) is 3.91. The minimum absolute atomic E-state index is 0.0754. The van der Waals surface area contributed by atoms with E-state index in [0.717, 1.165) is 5.69 Å². The Morgan fingerprint density at radius 2 is 2.16 bits per heavy atom. The number of halogens is 2. The standard InChI is InChI=1S/C19H22ClFN6O3S/c1-11-8-27-17(10-25(11)19(29)23-12-3-4-15(21)14(20)5-12)16(7-22-27)26-9-13(6-18(26)28)24-31(2)30/h3-5,7,11,13,24H,6,8-10H2,1-2H3,(H,23,29)/t11-,13?,31?/m0/s1. The van der Waals surface area contributed by atoms with Gasteiger partial charge in [0.25, 0.3) is 0 Å². The highest BCUT2D eigenvalue weighted by Gasteiger charge is 2.37. The van der Waals surface area contributed by atoms with Gasteiger partial charge in [0.05, 0.1) is 47.8 Å². The maximum absolute atomic E-state index is 13.4. The highest BCUT2D eigenvalue weighted by molar-refractivity contribution is 7.88. The van der Waals surface area contributed by atoms with Crippen molar-refractivity contribution in [1.29, 1.82) is 0 Å². The molecule has 31 heavy (non-hydrogen) atoms. The van der Waals surface area contributed by atoms with E-state index >= 15 is 0 Å². The molecule has 3 atom stereocenters. The molecule has 4 rings (SSSR count). The van der Waals surface area contributed by atoms with Gasteiger partial charge in [0.1, 0.15) is 12.1 Å². The molecule has 2 N–H and O–H groups in total. The normalized spacial score (nSPS) is 21.9. The molecular weight excluding hydrogens is 447 g/mol. The summed E-state index contributed by atoms with van der Waals surface area (Å²) in [5, 5.41) is 7.06. The number of urea groups is 1. The number of benzene rings is 1. The minimum Gasteiger partial charge on any atom is -0.598 e. The van der Waals surface area contributed by atoms with Crippen LogP contribution in [-0.2, 0) is 29.2 Å². The summed E-state index contributed by atoms with van der Waals surface area (Å²) in [6.07, 6.45) is 3.41. The van der Waals surface area contributed by atoms with Gasteiger partial charge >= 0.3 is 6.03 Å². The SMILES string of the molecule is C[C@H]1Cn2ncc(N3CC(N[S+](C)[O-])CC3=O)c2CN1C(=O)Nc1ccc(F)c(Cl)c1. The van der Waals surface area contributed by atoms with Crippen molar-refractivity contribution in [2.45, 2.75) is 38.5 Å². The number of rotatable bonds is 4. The summed E-state index contributed by atoms with van der Waals surface area (Å²) in [5.74, 6) is -0.649. The first-order valence-corrected chi connectivity index (χ1v) is 11.6. The smallest absolute Gasteiger partial charge is 0.322 e. The number of amides is 3. The third-order valence-corrected chi connectivity index (χ3v) is 6.35. The number of nitrogens with zero attached hydrogens (tertiary/aromatic N) is 4. The van der Waals surface area contributed by atoms with Crippen LogP contribution in [-0.4, -0.2) is 56.1 Å². The molecule has 0 saturated carbocycles. The minimum atomic E-state index is -1.22. The third-order valence-electron chi connectivity index (χ3n) is 5.40. The zero-order valence-electron chi connectivity index (χ0n) is 17.0. The number of carbonyl (C=O) groups excluding carboxylic acids is 2. The Labute approximate surface area is 186 Å². The van der Waals surface area contributed by atoms with Crippen molar-refractivity contribution in [2.75, 3.05) is 23.0 Å². The summed E-state index contributed by atoms with van der Waals surface area (Å²) in [4.78, 5) is 28.7. The van der Waals surface area contributed by atoms with Crippen LogP contribution in [0.5, 0.6) is 0 Å². The van der Waals surface area contributed by atoms with E-state index in [9.17, 15) is 18.5 Å². The van der Waals surface area contributed by atoms with E-state index in [1.54, 1.807) is 20.7 Å². The quantitative estimate of drug-likeness (QED) is 0.668. The fourth-order valence-corrected chi connectivity index (χ4v) is 4.72. The largest absolute Gasteiger partial charge is 0.598 e. The van der Waals surface area contributed by atoms with E-state index in [4.69, 9.17) is 11.6 Å². The van der Waals surface area contributed by atoms with Crippen molar-refractivity contribution >= 4 is 46.3 Å². The van der Waals surface area contributed by atoms with Crippen LogP contribution in [0.25, 0.3) is 0 Å². The molecule has 0 spiro atoms. The number of anilines is 2. The van der Waals surface area contributed by atoms with E-state index < -0.39 is 17.2 Å². The Balaban J connectivity index is 1.51. The predicted molar refractivity (Wildman–Crippen MR) is 116 cm³/mol. The van der Waals surface area contributed by atoms with Crippen LogP contribution in [0.3, 0.4) is 0 Å². The number of nitrogens with one attached hydrogen (secondary N) is 2. The molecule has 2 aliphatic heterocycles. The fraction of sp³-hybridized carbons (Fsp3) is 0.421. The number of fused-ring (bicyclic) bond motifs is 1. The van der Waals surface area contributed by atoms with Crippen LogP contribution in [0.15, 0.2) is 24.4 Å². The summed E-state index contributed by atoms with van der Waals surface area (Å²) >= 11 is 4.58. The molecule has 1 saturated heterocycles. The average molecular weight is 469 g/mol. The van der Waals surface area contributed by atoms with Gasteiger partial charge in [-0.25, -0.2) is 9.18 Å². The molecule has 12 heteroatoms. The van der Waals surface area contributed by atoms with E-state index in [1.165, 1.54) is 24.5 Å². The van der Waals surface area contributed by atoms with Crippen molar-refractivity contribution in [2.24, 2.45) is 0 Å². The second kappa shape index (κ2) is 8.65. The zero-order valence-corrected chi connectivity index (χ0v) is 18.5. The third kappa shape index (κ3) is 4.49. The topological polar surface area (TPSA) is 106 Å². The van der Waals surface area contributed by atoms with Gasteiger partial charge in [-0.1, -0.05) is 11.6 Å². The molecule has 2 aliphatic rings. The molecule has 2 aromatic rings. The lowest BCUT2D eigenvalue weighted by Gasteiger charge is -2.35. The van der Waals surface area contributed by atoms with Crippen molar-refractivity contribution in [3.05, 3.63) is 40.9 Å². The molecule has 3 heterocycles. The first-order chi connectivity index (χ1) is 14.7. The lowest BCUT2D eigenvalue weighted by Crippen LogP contribution is -2.47. The predicted octanol–water partition coefficient (Wildman–Crippen LogP) is 2.10. The highest BCUT2D eigenvalue weighted by Crippen LogP contribution is 2.30. The Kier molecular flexibility index (Phi) is 6.11. The Hall–Kier alpha value is -2.34. The first kappa shape index (κ1) is 21.9. The lowest BCUT2D eigenvalue weighted by molar-refractivity contribution is -0.117. The van der Waals surface area contributed by atoms with Gasteiger partial charge < -0.3 is 19.7 Å². The highest BCUT2D eigenvalue weighted by atomic mass is 35.5. The second-order valence-corrected chi connectivity index (χ2v) is 9.22.